The van der Waals surface area contributed by atoms with Crippen molar-refractivity contribution in [3.05, 3.63) is 64.6 Å². The molecule has 122 valence electrons. The second-order valence-electron chi connectivity index (χ2n) is 6.46. The Bertz CT molecular complexity index is 638. The van der Waals surface area contributed by atoms with E-state index in [0.29, 0.717) is 5.11 Å². The Morgan fingerprint density at radius 1 is 1.09 bits per heavy atom. The lowest BCUT2D eigenvalue weighted by Crippen LogP contribution is -2.39. The summed E-state index contributed by atoms with van der Waals surface area (Å²) in [5.41, 5.74) is 2.43. The maximum atomic E-state index is 5.42. The minimum atomic E-state index is 0.0981. The Kier molecular flexibility index (Phi) is 6.19. The summed E-state index contributed by atoms with van der Waals surface area (Å²) in [6.07, 6.45) is 0.999. The summed E-state index contributed by atoms with van der Waals surface area (Å²) >= 11 is 8.85. The Morgan fingerprint density at radius 2 is 1.70 bits per heavy atom. The zero-order valence-electron chi connectivity index (χ0n) is 13.8. The van der Waals surface area contributed by atoms with Gasteiger partial charge in [-0.2, -0.15) is 0 Å². The number of nitrogens with one attached hydrogen (secondary N) is 2. The van der Waals surface area contributed by atoms with Gasteiger partial charge in [-0.1, -0.05) is 60.1 Å². The van der Waals surface area contributed by atoms with E-state index in [2.05, 4.69) is 77.7 Å². The van der Waals surface area contributed by atoms with E-state index < -0.39 is 0 Å². The third-order valence-corrected chi connectivity index (χ3v) is 4.60. The number of benzene rings is 2. The molecule has 2 aromatic rings. The molecule has 0 aromatic heterocycles. The van der Waals surface area contributed by atoms with Gasteiger partial charge in [-0.15, -0.1) is 0 Å². The van der Waals surface area contributed by atoms with E-state index in [1.165, 1.54) is 5.56 Å². The number of hydrogen-bond acceptors (Lipinski definition) is 1. The van der Waals surface area contributed by atoms with Gasteiger partial charge < -0.3 is 10.6 Å². The molecule has 0 saturated carbocycles. The zero-order chi connectivity index (χ0) is 16.9. The molecule has 0 aliphatic rings. The van der Waals surface area contributed by atoms with Gasteiger partial charge in [0.2, 0.25) is 0 Å². The van der Waals surface area contributed by atoms with Gasteiger partial charge in [0.05, 0.1) is 0 Å². The van der Waals surface area contributed by atoms with Crippen LogP contribution in [-0.4, -0.2) is 11.2 Å². The summed E-state index contributed by atoms with van der Waals surface area (Å²) in [5, 5.41) is 7.26. The fraction of sp³-hybridized carbons (Fsp3) is 0.316. The van der Waals surface area contributed by atoms with E-state index in [9.17, 15) is 0 Å². The van der Waals surface area contributed by atoms with Crippen LogP contribution in [0, 0.1) is 0 Å². The van der Waals surface area contributed by atoms with Crippen LogP contribution in [0.15, 0.2) is 59.1 Å². The van der Waals surface area contributed by atoms with Crippen LogP contribution in [0.5, 0.6) is 0 Å². The molecule has 4 heteroatoms. The van der Waals surface area contributed by atoms with Gasteiger partial charge >= 0.3 is 0 Å². The summed E-state index contributed by atoms with van der Waals surface area (Å²) in [6.45, 7) is 6.71. The highest BCUT2D eigenvalue weighted by Gasteiger charge is 2.23. The molecule has 2 N–H and O–H groups in total. The predicted molar refractivity (Wildman–Crippen MR) is 107 cm³/mol. The van der Waals surface area contributed by atoms with E-state index in [-0.39, 0.29) is 11.5 Å². The first-order chi connectivity index (χ1) is 10.9. The minimum absolute atomic E-state index is 0.0981. The quantitative estimate of drug-likeness (QED) is 0.659. The van der Waals surface area contributed by atoms with Gasteiger partial charge in [-0.25, -0.2) is 0 Å². The first-order valence-electron chi connectivity index (χ1n) is 7.75. The summed E-state index contributed by atoms with van der Waals surface area (Å²) in [7, 11) is 0. The van der Waals surface area contributed by atoms with Crippen molar-refractivity contribution in [3.63, 3.8) is 0 Å². The van der Waals surface area contributed by atoms with E-state index in [1.54, 1.807) is 0 Å². The molecule has 2 rings (SSSR count). The fourth-order valence-electron chi connectivity index (χ4n) is 2.75. The molecular formula is C19H23BrN2S. The Morgan fingerprint density at radius 3 is 2.30 bits per heavy atom. The maximum Gasteiger partial charge on any atom is 0.170 e. The molecule has 0 bridgehead atoms. The van der Waals surface area contributed by atoms with E-state index >= 15 is 0 Å². The molecule has 0 aliphatic heterocycles. The maximum absolute atomic E-state index is 5.42. The smallest absolute Gasteiger partial charge is 0.170 e. The van der Waals surface area contributed by atoms with Crippen molar-refractivity contribution in [2.75, 3.05) is 5.32 Å². The van der Waals surface area contributed by atoms with Crippen molar-refractivity contribution in [1.29, 1.82) is 0 Å². The third-order valence-electron chi connectivity index (χ3n) is 3.85. The SMILES string of the molecule is CC(CC(C)(C)c1ccccc1)NC(=S)Nc1ccc(Br)cc1. The van der Waals surface area contributed by atoms with Crippen LogP contribution in [0.4, 0.5) is 5.69 Å². The highest BCUT2D eigenvalue weighted by molar-refractivity contribution is 9.10. The second-order valence-corrected chi connectivity index (χ2v) is 7.78. The van der Waals surface area contributed by atoms with Crippen LogP contribution in [0.2, 0.25) is 0 Å². The molecule has 0 saturated heterocycles. The molecule has 0 amide bonds. The number of thiocarbonyl (C=S) groups is 1. The van der Waals surface area contributed by atoms with E-state index in [4.69, 9.17) is 12.2 Å². The minimum Gasteiger partial charge on any atom is -0.360 e. The van der Waals surface area contributed by atoms with Gasteiger partial charge in [0.1, 0.15) is 0 Å². The predicted octanol–water partition coefficient (Wildman–Crippen LogP) is 5.49. The van der Waals surface area contributed by atoms with Gasteiger partial charge in [0.25, 0.3) is 0 Å². The summed E-state index contributed by atoms with van der Waals surface area (Å²) in [5.74, 6) is 0. The lowest BCUT2D eigenvalue weighted by atomic mass is 9.79. The van der Waals surface area contributed by atoms with Crippen molar-refractivity contribution in [2.45, 2.75) is 38.6 Å². The lowest BCUT2D eigenvalue weighted by molar-refractivity contribution is 0.420. The zero-order valence-corrected chi connectivity index (χ0v) is 16.2. The Hall–Kier alpha value is -1.39. The van der Waals surface area contributed by atoms with Crippen molar-refractivity contribution in [3.8, 4) is 0 Å². The molecular weight excluding hydrogens is 368 g/mol. The molecule has 2 nitrogen and oxygen atoms in total. The lowest BCUT2D eigenvalue weighted by Gasteiger charge is -2.29. The third kappa shape index (κ3) is 5.63. The van der Waals surface area contributed by atoms with Crippen LogP contribution in [0.1, 0.15) is 32.8 Å². The molecule has 23 heavy (non-hydrogen) atoms. The van der Waals surface area contributed by atoms with Gasteiger partial charge in [0.15, 0.2) is 5.11 Å². The van der Waals surface area contributed by atoms with Crippen LogP contribution in [0.25, 0.3) is 0 Å². The number of rotatable bonds is 5. The fourth-order valence-corrected chi connectivity index (χ4v) is 3.33. The number of halogens is 1. The average molecular weight is 391 g/mol. The first kappa shape index (κ1) is 18.0. The molecule has 1 unspecified atom stereocenters. The summed E-state index contributed by atoms with van der Waals surface area (Å²) < 4.78 is 1.06. The molecule has 0 spiro atoms. The number of anilines is 1. The molecule has 0 radical (unpaired) electrons. The number of hydrogen-bond donors (Lipinski definition) is 2. The standard InChI is InChI=1S/C19H23BrN2S/c1-14(13-19(2,3)15-7-5-4-6-8-15)21-18(23)22-17-11-9-16(20)10-12-17/h4-12,14H,13H2,1-3H3,(H2,21,22,23). The van der Waals surface area contributed by atoms with Gasteiger partial charge in [-0.05, 0) is 60.8 Å². The first-order valence-corrected chi connectivity index (χ1v) is 8.95. The highest BCUT2D eigenvalue weighted by atomic mass is 79.9. The molecule has 2 aromatic carbocycles. The summed E-state index contributed by atoms with van der Waals surface area (Å²) in [4.78, 5) is 0. The molecule has 0 aliphatic carbocycles. The molecule has 1 atom stereocenters. The van der Waals surface area contributed by atoms with Crippen molar-refractivity contribution in [2.24, 2.45) is 0 Å². The molecule has 0 fully saturated rings. The van der Waals surface area contributed by atoms with Gasteiger partial charge in [0, 0.05) is 16.2 Å². The average Bonchev–Trinajstić information content (AvgIpc) is 2.49. The van der Waals surface area contributed by atoms with Crippen molar-refractivity contribution in [1.82, 2.24) is 5.32 Å². The monoisotopic (exact) mass is 390 g/mol. The van der Waals surface area contributed by atoms with E-state index in [0.717, 1.165) is 16.6 Å². The van der Waals surface area contributed by atoms with Crippen LogP contribution >= 0.6 is 28.1 Å². The summed E-state index contributed by atoms with van der Waals surface area (Å²) in [6, 6.07) is 18.9. The highest BCUT2D eigenvalue weighted by Crippen LogP contribution is 2.28. The second kappa shape index (κ2) is 7.93. The van der Waals surface area contributed by atoms with Crippen LogP contribution in [-0.2, 0) is 5.41 Å². The normalized spacial score (nSPS) is 12.5. The van der Waals surface area contributed by atoms with Crippen LogP contribution in [0.3, 0.4) is 0 Å². The van der Waals surface area contributed by atoms with Gasteiger partial charge in [-0.3, -0.25) is 0 Å². The topological polar surface area (TPSA) is 24.1 Å². The van der Waals surface area contributed by atoms with Crippen LogP contribution < -0.4 is 10.6 Å². The van der Waals surface area contributed by atoms with E-state index in [1.807, 2.05) is 24.3 Å². The van der Waals surface area contributed by atoms with Crippen molar-refractivity contribution < 1.29 is 0 Å². The largest absolute Gasteiger partial charge is 0.360 e. The Labute approximate surface area is 152 Å². The van der Waals surface area contributed by atoms with Crippen molar-refractivity contribution >= 4 is 38.9 Å². The molecule has 0 heterocycles. The Balaban J connectivity index is 1.89.